The molecule has 0 saturated carbocycles. The van der Waals surface area contributed by atoms with Crippen LogP contribution in [0.4, 0.5) is 0 Å². The summed E-state index contributed by atoms with van der Waals surface area (Å²) in [5.74, 6) is -1.45. The molecule has 102 valence electrons. The molecule has 0 atom stereocenters. The van der Waals surface area contributed by atoms with Crippen LogP contribution in [0, 0.1) is 6.92 Å². The van der Waals surface area contributed by atoms with Gasteiger partial charge in [0.2, 0.25) is 0 Å². The molecule has 6 nitrogen and oxygen atoms in total. The molecule has 19 heavy (non-hydrogen) atoms. The van der Waals surface area contributed by atoms with Crippen LogP contribution in [0.25, 0.3) is 10.2 Å². The average molecular weight is 281 g/mol. The number of carboxylic acids is 1. The molecule has 2 heterocycles. The Morgan fingerprint density at radius 2 is 2.11 bits per heavy atom. The molecule has 0 radical (unpaired) electrons. The van der Waals surface area contributed by atoms with Crippen LogP contribution in [-0.2, 0) is 11.8 Å². The van der Waals surface area contributed by atoms with E-state index in [1.165, 1.54) is 25.2 Å². The van der Waals surface area contributed by atoms with E-state index in [2.05, 4.69) is 10.4 Å². The number of thiophene rings is 1. The van der Waals surface area contributed by atoms with Gasteiger partial charge in [-0.1, -0.05) is 0 Å². The Kier molecular flexibility index (Phi) is 3.09. The van der Waals surface area contributed by atoms with Crippen LogP contribution in [0.3, 0.4) is 0 Å². The molecule has 0 saturated heterocycles. The highest BCUT2D eigenvalue weighted by atomic mass is 32.1. The predicted molar refractivity (Wildman–Crippen MR) is 72.5 cm³/mol. The summed E-state index contributed by atoms with van der Waals surface area (Å²) in [6, 6.07) is 1.75. The zero-order valence-corrected chi connectivity index (χ0v) is 12.0. The number of hydrogen-bond donors (Lipinski definition) is 2. The SMILES string of the molecule is Cc1nn(C)c2sc(C(=O)NC(C)(C)C(=O)O)cc12. The largest absolute Gasteiger partial charge is 0.480 e. The van der Waals surface area contributed by atoms with Gasteiger partial charge in [-0.3, -0.25) is 9.48 Å². The van der Waals surface area contributed by atoms with Crippen molar-refractivity contribution < 1.29 is 14.7 Å². The first-order valence-corrected chi connectivity index (χ1v) is 6.53. The van der Waals surface area contributed by atoms with Gasteiger partial charge >= 0.3 is 5.97 Å². The lowest BCUT2D eigenvalue weighted by atomic mass is 10.1. The van der Waals surface area contributed by atoms with Crippen LogP contribution < -0.4 is 5.32 Å². The van der Waals surface area contributed by atoms with Crippen molar-refractivity contribution in [1.29, 1.82) is 0 Å². The number of amides is 1. The first kappa shape index (κ1) is 13.5. The van der Waals surface area contributed by atoms with Crippen molar-refractivity contribution in [3.8, 4) is 0 Å². The number of aromatic nitrogens is 2. The minimum absolute atomic E-state index is 0.381. The molecule has 2 aromatic rings. The molecule has 0 fully saturated rings. The summed E-state index contributed by atoms with van der Waals surface area (Å²) in [5, 5.41) is 16.7. The molecular formula is C12H15N3O3S. The maximum absolute atomic E-state index is 12.1. The second kappa shape index (κ2) is 4.34. The standard InChI is InChI=1S/C12H15N3O3S/c1-6-7-5-8(19-10(7)15(4)14-6)9(16)13-12(2,3)11(17)18/h5H,1-4H3,(H,13,16)(H,17,18). The number of nitrogens with zero attached hydrogens (tertiary/aromatic N) is 2. The fraction of sp³-hybridized carbons (Fsp3) is 0.417. The van der Waals surface area contributed by atoms with Crippen LogP contribution in [0.2, 0.25) is 0 Å². The van der Waals surface area contributed by atoms with Gasteiger partial charge in [0.1, 0.15) is 10.4 Å². The van der Waals surface area contributed by atoms with E-state index in [9.17, 15) is 9.59 Å². The Balaban J connectivity index is 2.32. The lowest BCUT2D eigenvalue weighted by Crippen LogP contribution is -2.49. The molecule has 0 unspecified atom stereocenters. The highest BCUT2D eigenvalue weighted by molar-refractivity contribution is 7.20. The van der Waals surface area contributed by atoms with Crippen LogP contribution in [0.5, 0.6) is 0 Å². The van der Waals surface area contributed by atoms with Crippen LogP contribution in [-0.4, -0.2) is 32.3 Å². The molecular weight excluding hydrogens is 266 g/mol. The predicted octanol–water partition coefficient (Wildman–Crippen LogP) is 1.54. The van der Waals surface area contributed by atoms with Crippen molar-refractivity contribution in [1.82, 2.24) is 15.1 Å². The summed E-state index contributed by atoms with van der Waals surface area (Å²) in [6.45, 7) is 4.78. The van der Waals surface area contributed by atoms with Gasteiger partial charge in [0.15, 0.2) is 0 Å². The van der Waals surface area contributed by atoms with Gasteiger partial charge < -0.3 is 10.4 Å². The molecule has 2 rings (SSSR count). The third-order valence-corrected chi connectivity index (χ3v) is 4.08. The second-order valence-corrected chi connectivity index (χ2v) is 5.95. The number of aliphatic carboxylic acids is 1. The highest BCUT2D eigenvalue weighted by Crippen LogP contribution is 2.27. The van der Waals surface area contributed by atoms with E-state index in [4.69, 9.17) is 5.11 Å². The summed E-state index contributed by atoms with van der Waals surface area (Å²) in [5.41, 5.74) is -0.439. The first-order chi connectivity index (χ1) is 8.72. The Morgan fingerprint density at radius 1 is 1.47 bits per heavy atom. The third kappa shape index (κ3) is 2.33. The fourth-order valence-corrected chi connectivity index (χ4v) is 2.73. The van der Waals surface area contributed by atoms with E-state index in [0.717, 1.165) is 15.9 Å². The number of fused-ring (bicyclic) bond motifs is 1. The van der Waals surface area contributed by atoms with E-state index in [0.29, 0.717) is 4.88 Å². The molecule has 0 aliphatic rings. The topological polar surface area (TPSA) is 84.2 Å². The summed E-state index contributed by atoms with van der Waals surface area (Å²) in [4.78, 5) is 24.4. The lowest BCUT2D eigenvalue weighted by molar-refractivity contribution is -0.143. The van der Waals surface area contributed by atoms with Gasteiger partial charge in [0.25, 0.3) is 5.91 Å². The fourth-order valence-electron chi connectivity index (χ4n) is 1.72. The molecule has 0 aliphatic carbocycles. The summed E-state index contributed by atoms with van der Waals surface area (Å²) >= 11 is 1.30. The summed E-state index contributed by atoms with van der Waals surface area (Å²) in [7, 11) is 1.81. The zero-order chi connectivity index (χ0) is 14.4. The maximum atomic E-state index is 12.1. The van der Waals surface area contributed by atoms with Crippen LogP contribution >= 0.6 is 11.3 Å². The number of carbonyl (C=O) groups is 2. The molecule has 7 heteroatoms. The Morgan fingerprint density at radius 3 is 2.63 bits per heavy atom. The van der Waals surface area contributed by atoms with E-state index in [1.54, 1.807) is 10.7 Å². The molecule has 0 bridgehead atoms. The van der Waals surface area contributed by atoms with Gasteiger partial charge in [-0.2, -0.15) is 5.10 Å². The van der Waals surface area contributed by atoms with E-state index in [-0.39, 0.29) is 5.91 Å². The number of carbonyl (C=O) groups excluding carboxylic acids is 1. The van der Waals surface area contributed by atoms with Crippen molar-refractivity contribution in [2.24, 2.45) is 7.05 Å². The maximum Gasteiger partial charge on any atom is 0.328 e. The Bertz CT molecular complexity index is 635. The number of nitrogens with one attached hydrogen (secondary N) is 1. The minimum atomic E-state index is -1.29. The molecule has 2 aromatic heterocycles. The molecule has 0 spiro atoms. The Hall–Kier alpha value is -1.89. The van der Waals surface area contributed by atoms with Crippen molar-refractivity contribution >= 4 is 33.4 Å². The second-order valence-electron chi connectivity index (χ2n) is 4.92. The van der Waals surface area contributed by atoms with Crippen molar-refractivity contribution in [2.75, 3.05) is 0 Å². The smallest absolute Gasteiger partial charge is 0.328 e. The Labute approximate surface area is 114 Å². The zero-order valence-electron chi connectivity index (χ0n) is 11.1. The van der Waals surface area contributed by atoms with Crippen LogP contribution in [0.15, 0.2) is 6.07 Å². The van der Waals surface area contributed by atoms with Gasteiger partial charge in [0.05, 0.1) is 10.6 Å². The van der Waals surface area contributed by atoms with Gasteiger partial charge in [0, 0.05) is 12.4 Å². The minimum Gasteiger partial charge on any atom is -0.480 e. The van der Waals surface area contributed by atoms with E-state index in [1.807, 2.05) is 14.0 Å². The summed E-state index contributed by atoms with van der Waals surface area (Å²) in [6.07, 6.45) is 0. The van der Waals surface area contributed by atoms with Crippen molar-refractivity contribution in [3.63, 3.8) is 0 Å². The molecule has 1 amide bonds. The molecule has 2 N–H and O–H groups in total. The number of rotatable bonds is 3. The van der Waals surface area contributed by atoms with Crippen molar-refractivity contribution in [2.45, 2.75) is 26.3 Å². The lowest BCUT2D eigenvalue weighted by Gasteiger charge is -2.20. The van der Waals surface area contributed by atoms with Crippen molar-refractivity contribution in [3.05, 3.63) is 16.6 Å². The monoisotopic (exact) mass is 281 g/mol. The first-order valence-electron chi connectivity index (χ1n) is 5.71. The quantitative estimate of drug-likeness (QED) is 0.893. The average Bonchev–Trinajstić information content (AvgIpc) is 2.81. The highest BCUT2D eigenvalue weighted by Gasteiger charge is 2.30. The molecule has 0 aliphatic heterocycles. The number of aryl methyl sites for hydroxylation is 2. The van der Waals surface area contributed by atoms with Gasteiger partial charge in [-0.05, 0) is 26.8 Å². The number of hydrogen-bond acceptors (Lipinski definition) is 4. The number of carboxylic acid groups (broad SMARTS) is 1. The normalized spacial score (nSPS) is 11.8. The van der Waals surface area contributed by atoms with Gasteiger partial charge in [-0.15, -0.1) is 11.3 Å². The van der Waals surface area contributed by atoms with E-state index >= 15 is 0 Å². The van der Waals surface area contributed by atoms with Gasteiger partial charge in [-0.25, -0.2) is 4.79 Å². The van der Waals surface area contributed by atoms with Crippen LogP contribution in [0.1, 0.15) is 29.2 Å². The third-order valence-electron chi connectivity index (χ3n) is 2.88. The van der Waals surface area contributed by atoms with E-state index < -0.39 is 11.5 Å². The molecule has 0 aromatic carbocycles. The summed E-state index contributed by atoms with van der Waals surface area (Å²) < 4.78 is 1.72.